The third kappa shape index (κ3) is 2.79. The minimum atomic E-state index is -0.00147. The van der Waals surface area contributed by atoms with Crippen molar-refractivity contribution >= 4 is 5.91 Å². The fourth-order valence-corrected chi connectivity index (χ4v) is 1.82. The van der Waals surface area contributed by atoms with E-state index >= 15 is 0 Å². The maximum Gasteiger partial charge on any atom is 0.237 e. The van der Waals surface area contributed by atoms with Crippen LogP contribution in [-0.2, 0) is 11.3 Å². The summed E-state index contributed by atoms with van der Waals surface area (Å²) in [6.45, 7) is 3.46. The Morgan fingerprint density at radius 1 is 1.62 bits per heavy atom. The molecule has 2 N–H and O–H groups in total. The largest absolute Gasteiger partial charge is 0.351 e. The van der Waals surface area contributed by atoms with Crippen molar-refractivity contribution in [2.45, 2.75) is 32.4 Å². The Bertz CT molecular complexity index is 355. The number of hydrogen-bond donors (Lipinski definition) is 2. The van der Waals surface area contributed by atoms with E-state index in [0.717, 1.165) is 30.6 Å². The minimum absolute atomic E-state index is 0.00147. The predicted molar refractivity (Wildman–Crippen MR) is 61.8 cm³/mol. The van der Waals surface area contributed by atoms with Crippen molar-refractivity contribution in [3.05, 3.63) is 29.6 Å². The number of carbonyl (C=O) groups is 1. The molecule has 0 radical (unpaired) electrons. The third-order valence-electron chi connectivity index (χ3n) is 2.82. The number of pyridine rings is 1. The van der Waals surface area contributed by atoms with Gasteiger partial charge in [-0.2, -0.15) is 0 Å². The van der Waals surface area contributed by atoms with Gasteiger partial charge in [0, 0.05) is 18.4 Å². The summed E-state index contributed by atoms with van der Waals surface area (Å²) in [6.07, 6.45) is 3.83. The molecule has 0 bridgehead atoms. The highest BCUT2D eigenvalue weighted by molar-refractivity contribution is 5.81. The van der Waals surface area contributed by atoms with Crippen LogP contribution in [0.25, 0.3) is 0 Å². The first-order chi connectivity index (χ1) is 7.75. The highest BCUT2D eigenvalue weighted by Gasteiger charge is 2.21. The first kappa shape index (κ1) is 11.1. The smallest absolute Gasteiger partial charge is 0.237 e. The van der Waals surface area contributed by atoms with Crippen LogP contribution in [-0.4, -0.2) is 23.5 Å². The van der Waals surface area contributed by atoms with Gasteiger partial charge in [-0.3, -0.25) is 9.78 Å². The molecule has 1 aromatic rings. The highest BCUT2D eigenvalue weighted by atomic mass is 16.2. The number of rotatable bonds is 3. The van der Waals surface area contributed by atoms with E-state index in [2.05, 4.69) is 15.6 Å². The van der Waals surface area contributed by atoms with Crippen LogP contribution in [0.5, 0.6) is 0 Å². The van der Waals surface area contributed by atoms with Gasteiger partial charge in [0.1, 0.15) is 0 Å². The molecule has 1 aliphatic rings. The predicted octanol–water partition coefficient (Wildman–Crippen LogP) is 0.758. The fourth-order valence-electron chi connectivity index (χ4n) is 1.82. The summed E-state index contributed by atoms with van der Waals surface area (Å²) in [5.41, 5.74) is 2.03. The van der Waals surface area contributed by atoms with Gasteiger partial charge in [0.2, 0.25) is 5.91 Å². The molecular formula is C12H17N3O. The summed E-state index contributed by atoms with van der Waals surface area (Å²) in [5.74, 6) is 0.0954. The first-order valence-electron chi connectivity index (χ1n) is 5.68. The van der Waals surface area contributed by atoms with Crippen LogP contribution in [0.3, 0.4) is 0 Å². The van der Waals surface area contributed by atoms with Gasteiger partial charge in [0.25, 0.3) is 0 Å². The maximum atomic E-state index is 11.7. The van der Waals surface area contributed by atoms with Crippen LogP contribution in [0.15, 0.2) is 18.3 Å². The van der Waals surface area contributed by atoms with E-state index in [9.17, 15) is 4.79 Å². The lowest BCUT2D eigenvalue weighted by atomic mass is 10.2. The number of nitrogens with zero attached hydrogens (tertiary/aromatic N) is 1. The molecule has 1 amide bonds. The molecule has 2 rings (SSSR count). The van der Waals surface area contributed by atoms with E-state index in [0.29, 0.717) is 6.54 Å². The molecule has 0 saturated carbocycles. The summed E-state index contributed by atoms with van der Waals surface area (Å²) >= 11 is 0. The number of amides is 1. The molecule has 16 heavy (non-hydrogen) atoms. The Morgan fingerprint density at radius 2 is 2.50 bits per heavy atom. The maximum absolute atomic E-state index is 11.7. The zero-order valence-electron chi connectivity index (χ0n) is 9.49. The monoisotopic (exact) mass is 219 g/mol. The second-order valence-corrected chi connectivity index (χ2v) is 4.17. The van der Waals surface area contributed by atoms with E-state index in [4.69, 9.17) is 0 Å². The van der Waals surface area contributed by atoms with Crippen LogP contribution < -0.4 is 10.6 Å². The summed E-state index contributed by atoms with van der Waals surface area (Å²) < 4.78 is 0. The number of aromatic nitrogens is 1. The summed E-state index contributed by atoms with van der Waals surface area (Å²) in [4.78, 5) is 15.9. The molecule has 4 heteroatoms. The zero-order chi connectivity index (χ0) is 11.4. The molecule has 1 fully saturated rings. The van der Waals surface area contributed by atoms with Crippen molar-refractivity contribution in [1.82, 2.24) is 15.6 Å². The summed E-state index contributed by atoms with van der Waals surface area (Å²) in [6, 6.07) is 3.94. The highest BCUT2D eigenvalue weighted by Crippen LogP contribution is 2.05. The van der Waals surface area contributed by atoms with Crippen LogP contribution in [0.2, 0.25) is 0 Å². The lowest BCUT2D eigenvalue weighted by Crippen LogP contribution is -2.40. The standard InChI is InChI=1S/C12H17N3O/c1-9-4-5-10(7-14-9)8-15-12(16)11-3-2-6-13-11/h4-5,7,11,13H,2-3,6,8H2,1H3,(H,15,16)/t11-/m0/s1. The van der Waals surface area contributed by atoms with Crippen molar-refractivity contribution in [1.29, 1.82) is 0 Å². The van der Waals surface area contributed by atoms with Crippen LogP contribution in [0.4, 0.5) is 0 Å². The number of hydrogen-bond acceptors (Lipinski definition) is 3. The van der Waals surface area contributed by atoms with Crippen LogP contribution in [0.1, 0.15) is 24.1 Å². The quantitative estimate of drug-likeness (QED) is 0.789. The zero-order valence-corrected chi connectivity index (χ0v) is 9.49. The normalized spacial score (nSPS) is 19.7. The van der Waals surface area contributed by atoms with Gasteiger partial charge in [-0.25, -0.2) is 0 Å². The van der Waals surface area contributed by atoms with Gasteiger partial charge in [0.15, 0.2) is 0 Å². The van der Waals surface area contributed by atoms with Gasteiger partial charge in [-0.15, -0.1) is 0 Å². The molecule has 1 atom stereocenters. The molecule has 2 heterocycles. The van der Waals surface area contributed by atoms with Gasteiger partial charge in [-0.1, -0.05) is 6.07 Å². The van der Waals surface area contributed by atoms with Gasteiger partial charge in [0.05, 0.1) is 6.04 Å². The molecule has 1 aliphatic heterocycles. The number of nitrogens with one attached hydrogen (secondary N) is 2. The van der Waals surface area contributed by atoms with Crippen LogP contribution >= 0.6 is 0 Å². The molecule has 0 spiro atoms. The fraction of sp³-hybridized carbons (Fsp3) is 0.500. The van der Waals surface area contributed by atoms with Crippen molar-refractivity contribution in [3.63, 3.8) is 0 Å². The second-order valence-electron chi connectivity index (χ2n) is 4.17. The number of aryl methyl sites for hydroxylation is 1. The first-order valence-corrected chi connectivity index (χ1v) is 5.68. The molecule has 0 unspecified atom stereocenters. The van der Waals surface area contributed by atoms with E-state index in [1.54, 1.807) is 6.20 Å². The molecule has 4 nitrogen and oxygen atoms in total. The lowest BCUT2D eigenvalue weighted by Gasteiger charge is -2.10. The molecule has 86 valence electrons. The Kier molecular flexibility index (Phi) is 3.51. The Morgan fingerprint density at radius 3 is 3.12 bits per heavy atom. The van der Waals surface area contributed by atoms with Gasteiger partial charge >= 0.3 is 0 Å². The van der Waals surface area contributed by atoms with E-state index < -0.39 is 0 Å². The molecule has 0 aliphatic carbocycles. The van der Waals surface area contributed by atoms with Gasteiger partial charge in [-0.05, 0) is 37.9 Å². The van der Waals surface area contributed by atoms with Crippen molar-refractivity contribution in [2.75, 3.05) is 6.54 Å². The van der Waals surface area contributed by atoms with Crippen molar-refractivity contribution in [3.8, 4) is 0 Å². The van der Waals surface area contributed by atoms with Crippen LogP contribution in [0, 0.1) is 6.92 Å². The number of carbonyl (C=O) groups excluding carboxylic acids is 1. The Labute approximate surface area is 95.5 Å². The summed E-state index contributed by atoms with van der Waals surface area (Å²) in [7, 11) is 0. The van der Waals surface area contributed by atoms with E-state index in [-0.39, 0.29) is 11.9 Å². The van der Waals surface area contributed by atoms with E-state index in [1.165, 1.54) is 0 Å². The molecule has 1 aromatic heterocycles. The molecule has 0 aromatic carbocycles. The minimum Gasteiger partial charge on any atom is -0.351 e. The average Bonchev–Trinajstić information content (AvgIpc) is 2.81. The Balaban J connectivity index is 1.82. The summed E-state index contributed by atoms with van der Waals surface area (Å²) in [5, 5.41) is 6.09. The Hall–Kier alpha value is -1.42. The molecular weight excluding hydrogens is 202 g/mol. The van der Waals surface area contributed by atoms with Crippen molar-refractivity contribution < 1.29 is 4.79 Å². The van der Waals surface area contributed by atoms with E-state index in [1.807, 2.05) is 19.1 Å². The average molecular weight is 219 g/mol. The van der Waals surface area contributed by atoms with Gasteiger partial charge < -0.3 is 10.6 Å². The molecule has 1 saturated heterocycles. The topological polar surface area (TPSA) is 54.0 Å². The lowest BCUT2D eigenvalue weighted by molar-refractivity contribution is -0.122. The SMILES string of the molecule is Cc1ccc(CNC(=O)[C@@H]2CCCN2)cn1. The van der Waals surface area contributed by atoms with Crippen molar-refractivity contribution in [2.24, 2.45) is 0 Å². The second kappa shape index (κ2) is 5.07. The third-order valence-corrected chi connectivity index (χ3v) is 2.82.